The van der Waals surface area contributed by atoms with Gasteiger partial charge in [0.1, 0.15) is 0 Å². The Morgan fingerprint density at radius 3 is 2.81 bits per heavy atom. The van der Waals surface area contributed by atoms with Crippen LogP contribution in [-0.2, 0) is 6.54 Å². The molecule has 1 amide bonds. The maximum absolute atomic E-state index is 12.3. The summed E-state index contributed by atoms with van der Waals surface area (Å²) < 4.78 is 4.94. The second kappa shape index (κ2) is 7.63. The normalized spacial score (nSPS) is 10.5. The molecule has 0 saturated carbocycles. The predicted molar refractivity (Wildman–Crippen MR) is 101 cm³/mol. The highest BCUT2D eigenvalue weighted by atomic mass is 32.1. The molecule has 2 heterocycles. The third-order valence-electron chi connectivity index (χ3n) is 3.59. The van der Waals surface area contributed by atoms with Crippen LogP contribution in [0.2, 0.25) is 0 Å². The summed E-state index contributed by atoms with van der Waals surface area (Å²) in [5.41, 5.74) is 0.905. The molecule has 0 fully saturated rings. The van der Waals surface area contributed by atoms with Crippen molar-refractivity contribution >= 4 is 34.3 Å². The van der Waals surface area contributed by atoms with E-state index >= 15 is 0 Å². The standard InChI is InChI=1S/C17H15N3O4S2/c1-10-19-13(9-25-10)16-6-4-12(26-16)8-18-17(21)11-3-5-15(24-2)14(7-11)20(22)23/h3-7,9H,8H2,1-2H3,(H,18,21). The van der Waals surface area contributed by atoms with Crippen molar-refractivity contribution in [2.24, 2.45) is 0 Å². The number of nitrogens with zero attached hydrogens (tertiary/aromatic N) is 2. The minimum absolute atomic E-state index is 0.119. The molecule has 0 aliphatic rings. The lowest BCUT2D eigenvalue weighted by molar-refractivity contribution is -0.385. The van der Waals surface area contributed by atoms with Gasteiger partial charge >= 0.3 is 5.69 Å². The summed E-state index contributed by atoms with van der Waals surface area (Å²) in [6.07, 6.45) is 0. The van der Waals surface area contributed by atoms with Gasteiger partial charge in [-0.2, -0.15) is 0 Å². The molecule has 0 aliphatic heterocycles. The Labute approximate surface area is 157 Å². The van der Waals surface area contributed by atoms with E-state index < -0.39 is 4.92 Å². The summed E-state index contributed by atoms with van der Waals surface area (Å²) >= 11 is 3.14. The summed E-state index contributed by atoms with van der Waals surface area (Å²) in [6.45, 7) is 2.30. The molecule has 2 aromatic heterocycles. The third kappa shape index (κ3) is 3.89. The van der Waals surface area contributed by atoms with Gasteiger partial charge in [0.15, 0.2) is 5.75 Å². The van der Waals surface area contributed by atoms with Crippen molar-refractivity contribution in [1.82, 2.24) is 10.3 Å². The first-order valence-electron chi connectivity index (χ1n) is 7.60. The first kappa shape index (κ1) is 18.0. The van der Waals surface area contributed by atoms with Crippen LogP contribution >= 0.6 is 22.7 Å². The van der Waals surface area contributed by atoms with Gasteiger partial charge in [-0.1, -0.05) is 0 Å². The van der Waals surface area contributed by atoms with Crippen molar-refractivity contribution in [3.05, 3.63) is 61.3 Å². The number of rotatable bonds is 6. The highest BCUT2D eigenvalue weighted by molar-refractivity contribution is 7.16. The summed E-state index contributed by atoms with van der Waals surface area (Å²) in [4.78, 5) is 29.2. The van der Waals surface area contributed by atoms with Crippen molar-refractivity contribution < 1.29 is 14.5 Å². The number of methoxy groups -OCH3 is 1. The van der Waals surface area contributed by atoms with Gasteiger partial charge in [0, 0.05) is 21.9 Å². The number of ether oxygens (including phenoxy) is 1. The van der Waals surface area contributed by atoms with Gasteiger partial charge in [-0.05, 0) is 31.2 Å². The van der Waals surface area contributed by atoms with Crippen LogP contribution in [0, 0.1) is 17.0 Å². The minimum atomic E-state index is -0.572. The second-order valence-corrected chi connectivity index (χ2v) is 7.57. The molecule has 7 nitrogen and oxygen atoms in total. The summed E-state index contributed by atoms with van der Waals surface area (Å²) in [5, 5.41) is 16.8. The van der Waals surface area contributed by atoms with E-state index in [-0.39, 0.29) is 22.9 Å². The Morgan fingerprint density at radius 1 is 1.35 bits per heavy atom. The highest BCUT2D eigenvalue weighted by Crippen LogP contribution is 2.29. The van der Waals surface area contributed by atoms with E-state index in [0.717, 1.165) is 20.5 Å². The third-order valence-corrected chi connectivity index (χ3v) is 5.48. The van der Waals surface area contributed by atoms with Crippen LogP contribution in [0.1, 0.15) is 20.2 Å². The molecule has 0 unspecified atom stereocenters. The van der Waals surface area contributed by atoms with Crippen molar-refractivity contribution in [1.29, 1.82) is 0 Å². The lowest BCUT2D eigenvalue weighted by atomic mass is 10.1. The van der Waals surface area contributed by atoms with Crippen molar-refractivity contribution in [2.45, 2.75) is 13.5 Å². The molecular weight excluding hydrogens is 374 g/mol. The van der Waals surface area contributed by atoms with E-state index in [4.69, 9.17) is 4.74 Å². The minimum Gasteiger partial charge on any atom is -0.490 e. The molecular formula is C17H15N3O4S2. The lowest BCUT2D eigenvalue weighted by Gasteiger charge is -2.06. The van der Waals surface area contributed by atoms with Crippen molar-refractivity contribution in [2.75, 3.05) is 7.11 Å². The second-order valence-electron chi connectivity index (χ2n) is 5.34. The number of nitrogens with one attached hydrogen (secondary N) is 1. The molecule has 0 bridgehead atoms. The number of hydrogen-bond acceptors (Lipinski definition) is 7. The number of aromatic nitrogens is 1. The van der Waals surface area contributed by atoms with E-state index in [0.29, 0.717) is 6.54 Å². The van der Waals surface area contributed by atoms with Crippen LogP contribution in [0.5, 0.6) is 5.75 Å². The molecule has 0 radical (unpaired) electrons. The fourth-order valence-corrected chi connectivity index (χ4v) is 3.93. The Bertz CT molecular complexity index is 965. The van der Waals surface area contributed by atoms with Crippen molar-refractivity contribution in [3.8, 4) is 16.3 Å². The zero-order valence-corrected chi connectivity index (χ0v) is 15.6. The van der Waals surface area contributed by atoms with E-state index in [1.807, 2.05) is 24.4 Å². The van der Waals surface area contributed by atoms with Gasteiger partial charge in [-0.3, -0.25) is 14.9 Å². The topological polar surface area (TPSA) is 94.4 Å². The fraction of sp³-hybridized carbons (Fsp3) is 0.176. The first-order chi connectivity index (χ1) is 12.5. The molecule has 9 heteroatoms. The molecule has 3 aromatic rings. The number of thiophene rings is 1. The largest absolute Gasteiger partial charge is 0.490 e. The average molecular weight is 389 g/mol. The molecule has 0 atom stereocenters. The van der Waals surface area contributed by atoms with Crippen molar-refractivity contribution in [3.63, 3.8) is 0 Å². The summed E-state index contributed by atoms with van der Waals surface area (Å²) in [5.74, 6) is -0.261. The van der Waals surface area contributed by atoms with Gasteiger partial charge in [0.25, 0.3) is 5.91 Å². The molecule has 1 N–H and O–H groups in total. The van der Waals surface area contributed by atoms with Crippen LogP contribution in [0.3, 0.4) is 0 Å². The maximum atomic E-state index is 12.3. The zero-order valence-electron chi connectivity index (χ0n) is 14.0. The summed E-state index contributed by atoms with van der Waals surface area (Å²) in [7, 11) is 1.35. The number of benzene rings is 1. The summed E-state index contributed by atoms with van der Waals surface area (Å²) in [6, 6.07) is 8.04. The Hall–Kier alpha value is -2.78. The van der Waals surface area contributed by atoms with Gasteiger partial charge in [-0.25, -0.2) is 4.98 Å². The smallest absolute Gasteiger partial charge is 0.311 e. The number of amides is 1. The van der Waals surface area contributed by atoms with E-state index in [9.17, 15) is 14.9 Å². The molecule has 0 spiro atoms. The predicted octanol–water partition coefficient (Wildman–Crippen LogP) is 4.03. The van der Waals surface area contributed by atoms with Gasteiger partial charge < -0.3 is 10.1 Å². The maximum Gasteiger partial charge on any atom is 0.311 e. The van der Waals surface area contributed by atoms with E-state index in [1.165, 1.54) is 25.3 Å². The SMILES string of the molecule is COc1ccc(C(=O)NCc2ccc(-c3csc(C)n3)s2)cc1[N+](=O)[O-]. The van der Waals surface area contributed by atoms with Crippen LogP contribution in [-0.4, -0.2) is 22.9 Å². The molecule has 3 rings (SSSR count). The number of nitro groups is 1. The number of nitro benzene ring substituents is 1. The van der Waals surface area contributed by atoms with E-state index in [1.54, 1.807) is 22.7 Å². The quantitative estimate of drug-likeness (QED) is 0.507. The van der Waals surface area contributed by atoms with Gasteiger partial charge in [-0.15, -0.1) is 22.7 Å². The average Bonchev–Trinajstić information content (AvgIpc) is 3.27. The Morgan fingerprint density at radius 2 is 2.15 bits per heavy atom. The Balaban J connectivity index is 1.68. The molecule has 26 heavy (non-hydrogen) atoms. The molecule has 0 aliphatic carbocycles. The Kier molecular flexibility index (Phi) is 5.29. The fourth-order valence-electron chi connectivity index (χ4n) is 2.33. The number of hydrogen-bond donors (Lipinski definition) is 1. The van der Waals surface area contributed by atoms with E-state index in [2.05, 4.69) is 10.3 Å². The van der Waals surface area contributed by atoms with Crippen LogP contribution in [0.4, 0.5) is 5.69 Å². The van der Waals surface area contributed by atoms with Crippen LogP contribution < -0.4 is 10.1 Å². The highest BCUT2D eigenvalue weighted by Gasteiger charge is 2.18. The number of aryl methyl sites for hydroxylation is 1. The number of carbonyl (C=O) groups excluding carboxylic acids is 1. The lowest BCUT2D eigenvalue weighted by Crippen LogP contribution is -2.22. The molecule has 134 valence electrons. The van der Waals surface area contributed by atoms with Crippen LogP contribution in [0.15, 0.2) is 35.7 Å². The molecule has 1 aromatic carbocycles. The number of thiazole rings is 1. The van der Waals surface area contributed by atoms with Gasteiger partial charge in [0.05, 0.1) is 34.2 Å². The van der Waals surface area contributed by atoms with Crippen LogP contribution in [0.25, 0.3) is 10.6 Å². The number of carbonyl (C=O) groups is 1. The van der Waals surface area contributed by atoms with Gasteiger partial charge in [0.2, 0.25) is 0 Å². The monoisotopic (exact) mass is 389 g/mol. The molecule has 0 saturated heterocycles. The first-order valence-corrected chi connectivity index (χ1v) is 9.29. The zero-order chi connectivity index (χ0) is 18.7.